The highest BCUT2D eigenvalue weighted by atomic mass is 19.4. The molecule has 0 aliphatic heterocycles. The zero-order valence-corrected chi connectivity index (χ0v) is 10.3. The topological polar surface area (TPSA) is 38.0 Å². The van der Waals surface area contributed by atoms with Crippen molar-refractivity contribution in [3.8, 4) is 0 Å². The minimum absolute atomic E-state index is 0.0270. The molecule has 2 nitrogen and oxygen atoms in total. The van der Waals surface area contributed by atoms with E-state index in [-0.39, 0.29) is 5.69 Å². The maximum absolute atomic E-state index is 12.8. The third-order valence-corrected chi connectivity index (χ3v) is 2.78. The van der Waals surface area contributed by atoms with Crippen molar-refractivity contribution >= 4 is 17.1 Å². The smallest absolute Gasteiger partial charge is 0.399 e. The van der Waals surface area contributed by atoms with Crippen molar-refractivity contribution in [1.29, 1.82) is 0 Å². The fourth-order valence-electron chi connectivity index (χ4n) is 1.75. The number of nitrogens with one attached hydrogen (secondary N) is 1. The van der Waals surface area contributed by atoms with Crippen LogP contribution in [-0.2, 0) is 6.18 Å². The first-order chi connectivity index (χ1) is 8.88. The van der Waals surface area contributed by atoms with Gasteiger partial charge in [0.05, 0.1) is 11.3 Å². The molecule has 0 heterocycles. The van der Waals surface area contributed by atoms with Crippen LogP contribution < -0.4 is 11.1 Å². The van der Waals surface area contributed by atoms with Crippen LogP contribution in [0.2, 0.25) is 0 Å². The number of nitrogen functional groups attached to an aromatic ring is 1. The van der Waals surface area contributed by atoms with Gasteiger partial charge in [-0.25, -0.2) is 0 Å². The second-order valence-corrected chi connectivity index (χ2v) is 4.24. The van der Waals surface area contributed by atoms with Gasteiger partial charge in [-0.15, -0.1) is 0 Å². The van der Waals surface area contributed by atoms with E-state index in [2.05, 4.69) is 5.32 Å². The lowest BCUT2D eigenvalue weighted by atomic mass is 10.1. The largest absolute Gasteiger partial charge is 0.418 e. The average molecular weight is 266 g/mol. The molecule has 0 aromatic heterocycles. The number of para-hydroxylation sites is 1. The molecule has 2 aromatic carbocycles. The molecule has 5 heteroatoms. The van der Waals surface area contributed by atoms with Crippen LogP contribution in [0, 0.1) is 6.92 Å². The summed E-state index contributed by atoms with van der Waals surface area (Å²) in [7, 11) is 0. The monoisotopic (exact) mass is 266 g/mol. The van der Waals surface area contributed by atoms with E-state index in [1.54, 1.807) is 31.2 Å². The number of alkyl halides is 3. The van der Waals surface area contributed by atoms with Gasteiger partial charge in [-0.1, -0.05) is 12.1 Å². The summed E-state index contributed by atoms with van der Waals surface area (Å²) in [5.74, 6) is 0. The van der Waals surface area contributed by atoms with Gasteiger partial charge in [-0.05, 0) is 42.8 Å². The zero-order chi connectivity index (χ0) is 14.0. The van der Waals surface area contributed by atoms with E-state index in [0.717, 1.165) is 11.6 Å². The van der Waals surface area contributed by atoms with E-state index < -0.39 is 11.7 Å². The minimum atomic E-state index is -4.38. The number of anilines is 3. The summed E-state index contributed by atoms with van der Waals surface area (Å²) in [5.41, 5.74) is 7.00. The number of hydrogen-bond donors (Lipinski definition) is 2. The second-order valence-electron chi connectivity index (χ2n) is 4.24. The van der Waals surface area contributed by atoms with Crippen molar-refractivity contribution in [2.75, 3.05) is 11.1 Å². The molecule has 0 spiro atoms. The van der Waals surface area contributed by atoms with E-state index in [9.17, 15) is 13.2 Å². The fourth-order valence-corrected chi connectivity index (χ4v) is 1.75. The standard InChI is InChI=1S/C14H13F3N2/c1-9-8-10(6-7-12(9)18)19-13-5-3-2-4-11(13)14(15,16)17/h2-8,19H,18H2,1H3. The lowest BCUT2D eigenvalue weighted by molar-refractivity contribution is -0.136. The summed E-state index contributed by atoms with van der Waals surface area (Å²) >= 11 is 0. The van der Waals surface area contributed by atoms with Crippen LogP contribution in [0.5, 0.6) is 0 Å². The Morgan fingerprint density at radius 1 is 1.05 bits per heavy atom. The molecule has 0 aliphatic rings. The average Bonchev–Trinajstić information content (AvgIpc) is 2.33. The molecule has 0 fully saturated rings. The van der Waals surface area contributed by atoms with Crippen molar-refractivity contribution in [1.82, 2.24) is 0 Å². The Kier molecular flexibility index (Phi) is 3.38. The zero-order valence-electron chi connectivity index (χ0n) is 10.3. The highest BCUT2D eigenvalue weighted by molar-refractivity contribution is 5.66. The molecule has 0 radical (unpaired) electrons. The molecule has 0 saturated carbocycles. The van der Waals surface area contributed by atoms with Gasteiger partial charge in [-0.2, -0.15) is 13.2 Å². The van der Waals surface area contributed by atoms with Crippen LogP contribution in [0.25, 0.3) is 0 Å². The van der Waals surface area contributed by atoms with Crippen molar-refractivity contribution in [3.63, 3.8) is 0 Å². The van der Waals surface area contributed by atoms with Crippen LogP contribution >= 0.6 is 0 Å². The molecule has 19 heavy (non-hydrogen) atoms. The van der Waals surface area contributed by atoms with Gasteiger partial charge in [0.1, 0.15) is 0 Å². The highest BCUT2D eigenvalue weighted by Crippen LogP contribution is 2.36. The maximum Gasteiger partial charge on any atom is 0.418 e. The molecular weight excluding hydrogens is 253 g/mol. The number of nitrogens with two attached hydrogens (primary N) is 1. The number of rotatable bonds is 2. The van der Waals surface area contributed by atoms with E-state index in [4.69, 9.17) is 5.73 Å². The number of halogens is 3. The van der Waals surface area contributed by atoms with Crippen LogP contribution in [0.15, 0.2) is 42.5 Å². The summed E-state index contributed by atoms with van der Waals surface area (Å²) in [6.07, 6.45) is -4.38. The first kappa shape index (κ1) is 13.3. The normalized spacial score (nSPS) is 11.4. The lowest BCUT2D eigenvalue weighted by Crippen LogP contribution is -2.08. The number of aryl methyl sites for hydroxylation is 1. The van der Waals surface area contributed by atoms with Crippen LogP contribution in [0.4, 0.5) is 30.2 Å². The van der Waals surface area contributed by atoms with E-state index in [1.807, 2.05) is 0 Å². The Balaban J connectivity index is 2.36. The molecule has 0 aliphatic carbocycles. The Morgan fingerprint density at radius 2 is 1.74 bits per heavy atom. The van der Waals surface area contributed by atoms with Crippen molar-refractivity contribution in [2.24, 2.45) is 0 Å². The molecule has 3 N–H and O–H groups in total. The van der Waals surface area contributed by atoms with Gasteiger partial charge in [0, 0.05) is 11.4 Å². The first-order valence-corrected chi connectivity index (χ1v) is 5.67. The Labute approximate surface area is 109 Å². The number of benzene rings is 2. The molecule has 0 amide bonds. The Morgan fingerprint density at radius 3 is 2.37 bits per heavy atom. The van der Waals surface area contributed by atoms with Crippen LogP contribution in [-0.4, -0.2) is 0 Å². The third-order valence-electron chi connectivity index (χ3n) is 2.78. The van der Waals surface area contributed by atoms with Gasteiger partial charge >= 0.3 is 6.18 Å². The fraction of sp³-hybridized carbons (Fsp3) is 0.143. The number of hydrogen-bond acceptors (Lipinski definition) is 2. The van der Waals surface area contributed by atoms with E-state index in [1.165, 1.54) is 12.1 Å². The van der Waals surface area contributed by atoms with Gasteiger partial charge in [0.15, 0.2) is 0 Å². The minimum Gasteiger partial charge on any atom is -0.399 e. The van der Waals surface area contributed by atoms with Crippen LogP contribution in [0.1, 0.15) is 11.1 Å². The van der Waals surface area contributed by atoms with E-state index in [0.29, 0.717) is 11.4 Å². The highest BCUT2D eigenvalue weighted by Gasteiger charge is 2.33. The predicted octanol–water partition coefficient (Wildman–Crippen LogP) is 4.34. The molecule has 0 saturated heterocycles. The Bertz CT molecular complexity index is 591. The molecule has 0 unspecified atom stereocenters. The van der Waals surface area contributed by atoms with Crippen molar-refractivity contribution in [3.05, 3.63) is 53.6 Å². The predicted molar refractivity (Wildman–Crippen MR) is 70.3 cm³/mol. The van der Waals surface area contributed by atoms with E-state index >= 15 is 0 Å². The second kappa shape index (κ2) is 4.84. The first-order valence-electron chi connectivity index (χ1n) is 5.67. The van der Waals surface area contributed by atoms with Gasteiger partial charge < -0.3 is 11.1 Å². The molecule has 0 atom stereocenters. The molecule has 2 aromatic rings. The Hall–Kier alpha value is -2.17. The van der Waals surface area contributed by atoms with Crippen LogP contribution in [0.3, 0.4) is 0 Å². The lowest BCUT2D eigenvalue weighted by Gasteiger charge is -2.15. The SMILES string of the molecule is Cc1cc(Nc2ccccc2C(F)(F)F)ccc1N. The molecule has 100 valence electrons. The molecule has 0 bridgehead atoms. The van der Waals surface area contributed by atoms with Crippen molar-refractivity contribution < 1.29 is 13.2 Å². The van der Waals surface area contributed by atoms with Gasteiger partial charge in [0.25, 0.3) is 0 Å². The van der Waals surface area contributed by atoms with Gasteiger partial charge in [0.2, 0.25) is 0 Å². The molecular formula is C14H13F3N2. The van der Waals surface area contributed by atoms with Gasteiger partial charge in [-0.3, -0.25) is 0 Å². The quantitative estimate of drug-likeness (QED) is 0.793. The van der Waals surface area contributed by atoms with Crippen molar-refractivity contribution in [2.45, 2.75) is 13.1 Å². The summed E-state index contributed by atoms with van der Waals surface area (Å²) in [6, 6.07) is 10.4. The summed E-state index contributed by atoms with van der Waals surface area (Å²) in [6.45, 7) is 1.80. The third kappa shape index (κ3) is 2.99. The summed E-state index contributed by atoms with van der Waals surface area (Å²) in [4.78, 5) is 0. The maximum atomic E-state index is 12.8. The summed E-state index contributed by atoms with van der Waals surface area (Å²) < 4.78 is 38.5. The summed E-state index contributed by atoms with van der Waals surface area (Å²) in [5, 5.41) is 2.77. The molecule has 2 rings (SSSR count).